The van der Waals surface area contributed by atoms with E-state index in [1.54, 1.807) is 12.1 Å². The fourth-order valence-corrected chi connectivity index (χ4v) is 2.41. The van der Waals surface area contributed by atoms with Gasteiger partial charge in [-0.3, -0.25) is 25.2 Å². The molecule has 0 aromatic heterocycles. The van der Waals surface area contributed by atoms with Gasteiger partial charge in [-0.15, -0.1) is 0 Å². The summed E-state index contributed by atoms with van der Waals surface area (Å²) in [6.45, 7) is 2.27. The minimum absolute atomic E-state index is 0.173. The lowest BCUT2D eigenvalue weighted by molar-refractivity contribution is -0.126. The number of hydrogen-bond donors (Lipinski definition) is 3. The number of benzene rings is 2. The van der Waals surface area contributed by atoms with Gasteiger partial charge in [0.05, 0.1) is 26.7 Å². The van der Waals surface area contributed by atoms with Crippen molar-refractivity contribution < 1.29 is 23.9 Å². The Balaban J connectivity index is 1.79. The van der Waals surface area contributed by atoms with Crippen LogP contribution in [0.5, 0.6) is 11.5 Å². The van der Waals surface area contributed by atoms with Crippen molar-refractivity contribution in [1.82, 2.24) is 16.2 Å². The molecule has 29 heavy (non-hydrogen) atoms. The number of hydrogen-bond acceptors (Lipinski definition) is 5. The summed E-state index contributed by atoms with van der Waals surface area (Å²) >= 11 is 0. The molecule has 0 heterocycles. The third-order valence-electron chi connectivity index (χ3n) is 3.86. The van der Waals surface area contributed by atoms with Crippen LogP contribution in [-0.4, -0.2) is 38.0 Å². The van der Waals surface area contributed by atoms with E-state index in [2.05, 4.69) is 16.2 Å². The molecule has 3 N–H and O–H groups in total. The standard InChI is InChI=1S/C21H25N3O5/c1-3-11-29-17-10-9-16(13-18(17)28-2)21(27)24-23-20(26)14-22-19(25)12-15-7-5-4-6-8-15/h4-10,13H,3,11-12,14H2,1-2H3,(H,22,25)(H,23,26)(H,24,27). The maximum absolute atomic E-state index is 12.2. The normalized spacial score (nSPS) is 10.0. The van der Waals surface area contributed by atoms with Gasteiger partial charge in [-0.25, -0.2) is 0 Å². The van der Waals surface area contributed by atoms with Gasteiger partial charge in [0.25, 0.3) is 11.8 Å². The van der Waals surface area contributed by atoms with Crippen LogP contribution in [0.1, 0.15) is 29.3 Å². The van der Waals surface area contributed by atoms with Gasteiger partial charge >= 0.3 is 0 Å². The predicted molar refractivity (Wildman–Crippen MR) is 108 cm³/mol. The van der Waals surface area contributed by atoms with Crippen LogP contribution in [0.3, 0.4) is 0 Å². The fraction of sp³-hybridized carbons (Fsp3) is 0.286. The molecule has 0 aliphatic heterocycles. The molecule has 0 aliphatic carbocycles. The first-order valence-corrected chi connectivity index (χ1v) is 9.24. The molecule has 0 radical (unpaired) electrons. The summed E-state index contributed by atoms with van der Waals surface area (Å²) in [6, 6.07) is 13.9. The summed E-state index contributed by atoms with van der Waals surface area (Å²) < 4.78 is 10.8. The quantitative estimate of drug-likeness (QED) is 0.556. The molecule has 0 saturated carbocycles. The van der Waals surface area contributed by atoms with Crippen molar-refractivity contribution in [1.29, 1.82) is 0 Å². The highest BCUT2D eigenvalue weighted by Gasteiger charge is 2.12. The predicted octanol–water partition coefficient (Wildman–Crippen LogP) is 1.60. The average molecular weight is 399 g/mol. The number of hydrazine groups is 1. The summed E-state index contributed by atoms with van der Waals surface area (Å²) in [7, 11) is 1.48. The van der Waals surface area contributed by atoms with Gasteiger partial charge in [0.15, 0.2) is 11.5 Å². The van der Waals surface area contributed by atoms with E-state index < -0.39 is 11.8 Å². The lowest BCUT2D eigenvalue weighted by atomic mass is 10.1. The average Bonchev–Trinajstić information content (AvgIpc) is 2.75. The van der Waals surface area contributed by atoms with Crippen LogP contribution in [0.2, 0.25) is 0 Å². The molecule has 8 nitrogen and oxygen atoms in total. The Morgan fingerprint density at radius 1 is 0.931 bits per heavy atom. The van der Waals surface area contributed by atoms with E-state index in [4.69, 9.17) is 9.47 Å². The highest BCUT2D eigenvalue weighted by atomic mass is 16.5. The van der Waals surface area contributed by atoms with E-state index in [9.17, 15) is 14.4 Å². The molecule has 0 fully saturated rings. The highest BCUT2D eigenvalue weighted by Crippen LogP contribution is 2.28. The van der Waals surface area contributed by atoms with Crippen molar-refractivity contribution in [2.45, 2.75) is 19.8 Å². The van der Waals surface area contributed by atoms with Crippen molar-refractivity contribution in [3.63, 3.8) is 0 Å². The zero-order valence-electron chi connectivity index (χ0n) is 16.5. The fourth-order valence-electron chi connectivity index (χ4n) is 2.41. The Kier molecular flexibility index (Phi) is 8.50. The highest BCUT2D eigenvalue weighted by molar-refractivity contribution is 5.96. The van der Waals surface area contributed by atoms with E-state index >= 15 is 0 Å². The number of methoxy groups -OCH3 is 1. The van der Waals surface area contributed by atoms with Gasteiger partial charge in [0, 0.05) is 5.56 Å². The first-order valence-electron chi connectivity index (χ1n) is 9.24. The minimum atomic E-state index is -0.547. The second kappa shape index (κ2) is 11.3. The zero-order chi connectivity index (χ0) is 21.1. The lowest BCUT2D eigenvalue weighted by Gasteiger charge is -2.12. The number of amides is 3. The van der Waals surface area contributed by atoms with Crippen LogP contribution in [0.4, 0.5) is 0 Å². The van der Waals surface area contributed by atoms with Gasteiger partial charge in [0.2, 0.25) is 5.91 Å². The largest absolute Gasteiger partial charge is 0.493 e. The second-order valence-corrected chi connectivity index (χ2v) is 6.16. The molecule has 0 spiro atoms. The van der Waals surface area contributed by atoms with Crippen molar-refractivity contribution in [2.24, 2.45) is 0 Å². The minimum Gasteiger partial charge on any atom is -0.493 e. The third-order valence-corrected chi connectivity index (χ3v) is 3.86. The SMILES string of the molecule is CCCOc1ccc(C(=O)NNC(=O)CNC(=O)Cc2ccccc2)cc1OC. The first kappa shape index (κ1) is 21.7. The van der Waals surface area contributed by atoms with Crippen molar-refractivity contribution in [2.75, 3.05) is 20.3 Å². The topological polar surface area (TPSA) is 106 Å². The maximum Gasteiger partial charge on any atom is 0.269 e. The number of carbonyl (C=O) groups excluding carboxylic acids is 3. The number of nitrogens with one attached hydrogen (secondary N) is 3. The Labute approximate surface area is 169 Å². The Morgan fingerprint density at radius 3 is 2.38 bits per heavy atom. The van der Waals surface area contributed by atoms with Crippen LogP contribution < -0.4 is 25.6 Å². The smallest absolute Gasteiger partial charge is 0.269 e. The number of ether oxygens (including phenoxy) is 2. The van der Waals surface area contributed by atoms with Gasteiger partial charge in [0.1, 0.15) is 0 Å². The van der Waals surface area contributed by atoms with Gasteiger partial charge < -0.3 is 14.8 Å². The van der Waals surface area contributed by atoms with E-state index in [-0.39, 0.29) is 18.9 Å². The number of carbonyl (C=O) groups is 3. The van der Waals surface area contributed by atoms with E-state index in [1.165, 1.54) is 13.2 Å². The lowest BCUT2D eigenvalue weighted by Crippen LogP contribution is -2.46. The molecule has 2 rings (SSSR count). The van der Waals surface area contributed by atoms with Gasteiger partial charge in [-0.2, -0.15) is 0 Å². The van der Waals surface area contributed by atoms with Crippen molar-refractivity contribution in [3.8, 4) is 11.5 Å². The first-order chi connectivity index (χ1) is 14.0. The Hall–Kier alpha value is -3.55. The van der Waals surface area contributed by atoms with Gasteiger partial charge in [-0.05, 0) is 30.2 Å². The summed E-state index contributed by atoms with van der Waals surface area (Å²) in [5, 5.41) is 2.50. The Morgan fingerprint density at radius 2 is 1.69 bits per heavy atom. The second-order valence-electron chi connectivity index (χ2n) is 6.16. The summed E-state index contributed by atoms with van der Waals surface area (Å²) in [5.74, 6) is -0.393. The monoisotopic (exact) mass is 399 g/mol. The number of rotatable bonds is 9. The van der Waals surface area contributed by atoms with E-state index in [0.717, 1.165) is 12.0 Å². The van der Waals surface area contributed by atoms with Crippen LogP contribution in [0.15, 0.2) is 48.5 Å². The molecule has 0 atom stereocenters. The molecule has 3 amide bonds. The summed E-state index contributed by atoms with van der Waals surface area (Å²) in [4.78, 5) is 35.9. The van der Waals surface area contributed by atoms with Crippen LogP contribution >= 0.6 is 0 Å². The van der Waals surface area contributed by atoms with E-state index in [0.29, 0.717) is 23.7 Å². The molecule has 2 aromatic carbocycles. The van der Waals surface area contributed by atoms with Gasteiger partial charge in [-0.1, -0.05) is 37.3 Å². The van der Waals surface area contributed by atoms with Crippen molar-refractivity contribution in [3.05, 3.63) is 59.7 Å². The molecule has 8 heteroatoms. The third kappa shape index (κ3) is 7.17. The molecular formula is C21H25N3O5. The maximum atomic E-state index is 12.2. The molecular weight excluding hydrogens is 374 g/mol. The van der Waals surface area contributed by atoms with Crippen molar-refractivity contribution >= 4 is 17.7 Å². The summed E-state index contributed by atoms with van der Waals surface area (Å²) in [6.07, 6.45) is 1.02. The molecule has 0 aliphatic rings. The van der Waals surface area contributed by atoms with E-state index in [1.807, 2.05) is 37.3 Å². The zero-order valence-corrected chi connectivity index (χ0v) is 16.5. The molecule has 2 aromatic rings. The van der Waals surface area contributed by atoms with Crippen LogP contribution in [0, 0.1) is 0 Å². The van der Waals surface area contributed by atoms with Crippen LogP contribution in [-0.2, 0) is 16.0 Å². The molecule has 0 bridgehead atoms. The summed E-state index contributed by atoms with van der Waals surface area (Å²) in [5.41, 5.74) is 5.70. The molecule has 154 valence electrons. The Bertz CT molecular complexity index is 839. The molecule has 0 saturated heterocycles. The molecule has 0 unspecified atom stereocenters. The van der Waals surface area contributed by atoms with Crippen LogP contribution in [0.25, 0.3) is 0 Å².